The van der Waals surface area contributed by atoms with E-state index in [1.54, 1.807) is 6.92 Å². The Kier molecular flexibility index (Phi) is 4.74. The van der Waals surface area contributed by atoms with Crippen molar-refractivity contribution in [1.82, 2.24) is 4.31 Å². The first-order chi connectivity index (χ1) is 9.77. The number of nitrogens with zero attached hydrogens (tertiary/aromatic N) is 1. The Hall–Kier alpha value is -0.930. The molecule has 2 atom stereocenters. The molecule has 2 unspecified atom stereocenters. The number of rotatable bonds is 3. The molecule has 1 aromatic carbocycles. The maximum Gasteiger partial charge on any atom is 0.245 e. The van der Waals surface area contributed by atoms with Crippen molar-refractivity contribution in [3.8, 4) is 0 Å². The van der Waals surface area contributed by atoms with Gasteiger partial charge in [0.25, 0.3) is 0 Å². The van der Waals surface area contributed by atoms with Gasteiger partial charge in [-0.15, -0.1) is 0 Å². The number of halogens is 2. The number of hydrogen-bond donors (Lipinski definition) is 2. The summed E-state index contributed by atoms with van der Waals surface area (Å²) in [6.45, 7) is 1.52. The molecule has 0 saturated carbocycles. The van der Waals surface area contributed by atoms with Crippen LogP contribution in [0, 0.1) is 5.82 Å². The fourth-order valence-electron chi connectivity index (χ4n) is 2.11. The van der Waals surface area contributed by atoms with Gasteiger partial charge in [-0.1, -0.05) is 11.6 Å². The molecule has 1 aliphatic rings. The van der Waals surface area contributed by atoms with E-state index in [2.05, 4.69) is 0 Å². The van der Waals surface area contributed by atoms with Crippen LogP contribution in [0.1, 0.15) is 6.92 Å². The third-order valence-electron chi connectivity index (χ3n) is 3.29. The summed E-state index contributed by atoms with van der Waals surface area (Å²) in [5, 5.41) is 8.89. The third kappa shape index (κ3) is 3.14. The largest absolute Gasteiger partial charge is 0.396 e. The van der Waals surface area contributed by atoms with E-state index in [9.17, 15) is 12.8 Å². The third-order valence-corrected chi connectivity index (χ3v) is 5.73. The standard InChI is InChI=1S/C12H16ClFN2O4S/c1-7-6-20-8(5-17)4-16(7)21(18,19)12-3-11(15)10(14)2-9(12)13/h2-3,7-8,17H,4-6,15H2,1H3. The van der Waals surface area contributed by atoms with Crippen molar-refractivity contribution in [2.45, 2.75) is 24.0 Å². The van der Waals surface area contributed by atoms with E-state index in [0.29, 0.717) is 0 Å². The molecule has 1 fully saturated rings. The average molecular weight is 339 g/mol. The van der Waals surface area contributed by atoms with Crippen molar-refractivity contribution >= 4 is 27.3 Å². The summed E-state index contributed by atoms with van der Waals surface area (Å²) in [7, 11) is -3.96. The molecule has 0 bridgehead atoms. The van der Waals surface area contributed by atoms with Gasteiger partial charge in [0.05, 0.1) is 30.0 Å². The van der Waals surface area contributed by atoms with Crippen LogP contribution in [-0.2, 0) is 14.8 Å². The second-order valence-electron chi connectivity index (χ2n) is 4.87. The van der Waals surface area contributed by atoms with E-state index in [1.165, 1.54) is 4.31 Å². The summed E-state index contributed by atoms with van der Waals surface area (Å²) in [6, 6.07) is 1.45. The number of nitrogen functional groups attached to an aromatic ring is 1. The van der Waals surface area contributed by atoms with Crippen molar-refractivity contribution in [2.75, 3.05) is 25.5 Å². The van der Waals surface area contributed by atoms with Gasteiger partial charge >= 0.3 is 0 Å². The Labute approximate surface area is 127 Å². The van der Waals surface area contributed by atoms with E-state index >= 15 is 0 Å². The van der Waals surface area contributed by atoms with Crippen molar-refractivity contribution < 1.29 is 22.7 Å². The fourth-order valence-corrected chi connectivity index (χ4v) is 4.28. The number of aliphatic hydroxyl groups excluding tert-OH is 1. The van der Waals surface area contributed by atoms with Crippen LogP contribution in [0.4, 0.5) is 10.1 Å². The summed E-state index contributed by atoms with van der Waals surface area (Å²) >= 11 is 5.84. The number of sulfonamides is 1. The van der Waals surface area contributed by atoms with Crippen LogP contribution in [0.25, 0.3) is 0 Å². The van der Waals surface area contributed by atoms with Crippen LogP contribution >= 0.6 is 11.6 Å². The molecule has 0 radical (unpaired) electrons. The van der Waals surface area contributed by atoms with E-state index in [-0.39, 0.29) is 35.4 Å². The molecule has 1 heterocycles. The Balaban J connectivity index is 2.43. The Morgan fingerprint density at radius 1 is 1.57 bits per heavy atom. The maximum atomic E-state index is 13.3. The number of hydrogen-bond acceptors (Lipinski definition) is 5. The molecule has 0 spiro atoms. The van der Waals surface area contributed by atoms with Crippen LogP contribution in [0.2, 0.25) is 5.02 Å². The highest BCUT2D eigenvalue weighted by molar-refractivity contribution is 7.89. The van der Waals surface area contributed by atoms with Gasteiger partial charge in [-0.25, -0.2) is 12.8 Å². The summed E-state index contributed by atoms with van der Waals surface area (Å²) < 4.78 is 45.1. The topological polar surface area (TPSA) is 92.9 Å². The summed E-state index contributed by atoms with van der Waals surface area (Å²) in [6.07, 6.45) is -0.604. The molecule has 2 rings (SSSR count). The van der Waals surface area contributed by atoms with Gasteiger partial charge < -0.3 is 15.6 Å². The summed E-state index contributed by atoms with van der Waals surface area (Å²) in [5.41, 5.74) is 5.13. The smallest absolute Gasteiger partial charge is 0.245 e. The average Bonchev–Trinajstić information content (AvgIpc) is 2.43. The molecule has 0 aliphatic carbocycles. The normalized spacial score (nSPS) is 24.2. The number of anilines is 1. The molecule has 118 valence electrons. The molecule has 0 amide bonds. The highest BCUT2D eigenvalue weighted by atomic mass is 35.5. The van der Waals surface area contributed by atoms with E-state index < -0.39 is 28.0 Å². The van der Waals surface area contributed by atoms with Gasteiger partial charge in [0.1, 0.15) is 10.7 Å². The molecule has 9 heteroatoms. The quantitative estimate of drug-likeness (QED) is 0.796. The number of nitrogens with two attached hydrogens (primary N) is 1. The van der Waals surface area contributed by atoms with Gasteiger partial charge in [-0.3, -0.25) is 0 Å². The summed E-state index contributed by atoms with van der Waals surface area (Å²) in [4.78, 5) is -0.256. The van der Waals surface area contributed by atoms with Crippen molar-refractivity contribution in [1.29, 1.82) is 0 Å². The molecular formula is C12H16ClFN2O4S. The predicted octanol–water partition coefficient (Wildman–Crippen LogP) is 0.832. The Morgan fingerprint density at radius 2 is 2.24 bits per heavy atom. The molecule has 6 nitrogen and oxygen atoms in total. The highest BCUT2D eigenvalue weighted by Gasteiger charge is 2.36. The van der Waals surface area contributed by atoms with E-state index in [0.717, 1.165) is 12.1 Å². The molecule has 3 N–H and O–H groups in total. The summed E-state index contributed by atoms with van der Waals surface area (Å²) in [5.74, 6) is -0.776. The monoisotopic (exact) mass is 338 g/mol. The van der Waals surface area contributed by atoms with Gasteiger partial charge in [0, 0.05) is 12.6 Å². The van der Waals surface area contributed by atoms with Crippen molar-refractivity contribution in [3.63, 3.8) is 0 Å². The van der Waals surface area contributed by atoms with Gasteiger partial charge in [0.15, 0.2) is 0 Å². The van der Waals surface area contributed by atoms with Gasteiger partial charge in [-0.2, -0.15) is 4.31 Å². The first kappa shape index (κ1) is 16.4. The number of aliphatic hydroxyl groups is 1. The van der Waals surface area contributed by atoms with Crippen LogP contribution in [0.15, 0.2) is 17.0 Å². The lowest BCUT2D eigenvalue weighted by atomic mass is 10.2. The maximum absolute atomic E-state index is 13.3. The Bertz CT molecular complexity index is 640. The van der Waals surface area contributed by atoms with E-state index in [1.807, 2.05) is 0 Å². The minimum Gasteiger partial charge on any atom is -0.396 e. The lowest BCUT2D eigenvalue weighted by molar-refractivity contribution is -0.0516. The predicted molar refractivity (Wildman–Crippen MR) is 76.0 cm³/mol. The molecule has 21 heavy (non-hydrogen) atoms. The minimum absolute atomic E-state index is 0.00634. The zero-order chi connectivity index (χ0) is 15.8. The fraction of sp³-hybridized carbons (Fsp3) is 0.500. The van der Waals surface area contributed by atoms with Gasteiger partial charge in [-0.05, 0) is 19.1 Å². The van der Waals surface area contributed by atoms with E-state index in [4.69, 9.17) is 27.2 Å². The zero-order valence-electron chi connectivity index (χ0n) is 11.3. The molecular weight excluding hydrogens is 323 g/mol. The lowest BCUT2D eigenvalue weighted by Crippen LogP contribution is -2.51. The molecule has 1 aliphatic heterocycles. The highest BCUT2D eigenvalue weighted by Crippen LogP contribution is 2.30. The second kappa shape index (κ2) is 6.05. The van der Waals surface area contributed by atoms with Crippen molar-refractivity contribution in [3.05, 3.63) is 23.0 Å². The number of morpholine rings is 1. The SMILES string of the molecule is CC1COC(CO)CN1S(=O)(=O)c1cc(N)c(F)cc1Cl. The van der Waals surface area contributed by atoms with Crippen LogP contribution < -0.4 is 5.73 Å². The first-order valence-electron chi connectivity index (χ1n) is 6.26. The zero-order valence-corrected chi connectivity index (χ0v) is 12.9. The first-order valence-corrected chi connectivity index (χ1v) is 8.08. The lowest BCUT2D eigenvalue weighted by Gasteiger charge is -2.36. The molecule has 1 aromatic rings. The van der Waals surface area contributed by atoms with Crippen molar-refractivity contribution in [2.24, 2.45) is 0 Å². The van der Waals surface area contributed by atoms with Crippen LogP contribution in [0.5, 0.6) is 0 Å². The number of ether oxygens (including phenoxy) is 1. The molecule has 1 saturated heterocycles. The number of benzene rings is 1. The Morgan fingerprint density at radius 3 is 2.86 bits per heavy atom. The van der Waals surface area contributed by atoms with Crippen LogP contribution in [0.3, 0.4) is 0 Å². The second-order valence-corrected chi connectivity index (χ2v) is 7.13. The molecule has 0 aromatic heterocycles. The van der Waals surface area contributed by atoms with Crippen LogP contribution in [-0.4, -0.2) is 49.7 Å². The van der Waals surface area contributed by atoms with Gasteiger partial charge in [0.2, 0.25) is 10.0 Å². The minimum atomic E-state index is -3.96.